The van der Waals surface area contributed by atoms with Crippen LogP contribution >= 0.6 is 12.2 Å². The lowest BCUT2D eigenvalue weighted by Crippen LogP contribution is -2.29. The SMILES string of the molecule is N#Cc1cccc(COc2ncc(F)c(NC(=S)NCc3ccccc3F)n2)c1. The summed E-state index contributed by atoms with van der Waals surface area (Å²) in [5, 5.41) is 14.4. The molecule has 0 unspecified atom stereocenters. The second-order valence-electron chi connectivity index (χ2n) is 5.85. The number of halogens is 2. The third-order valence-electron chi connectivity index (χ3n) is 3.78. The third kappa shape index (κ3) is 5.67. The van der Waals surface area contributed by atoms with Gasteiger partial charge in [-0.3, -0.25) is 0 Å². The van der Waals surface area contributed by atoms with Crippen molar-refractivity contribution in [2.24, 2.45) is 0 Å². The lowest BCUT2D eigenvalue weighted by molar-refractivity contribution is 0.280. The smallest absolute Gasteiger partial charge is 0.318 e. The summed E-state index contributed by atoms with van der Waals surface area (Å²) in [4.78, 5) is 7.74. The van der Waals surface area contributed by atoms with Crippen molar-refractivity contribution in [2.45, 2.75) is 13.2 Å². The molecular formula is C20H15F2N5OS. The Balaban J connectivity index is 1.60. The van der Waals surface area contributed by atoms with Gasteiger partial charge in [-0.1, -0.05) is 30.3 Å². The van der Waals surface area contributed by atoms with Crippen molar-refractivity contribution < 1.29 is 13.5 Å². The second kappa shape index (κ2) is 9.52. The van der Waals surface area contributed by atoms with E-state index in [1.165, 1.54) is 6.07 Å². The number of benzene rings is 2. The van der Waals surface area contributed by atoms with E-state index in [0.29, 0.717) is 11.1 Å². The molecule has 9 heteroatoms. The zero-order valence-corrected chi connectivity index (χ0v) is 15.8. The van der Waals surface area contributed by atoms with E-state index in [4.69, 9.17) is 22.2 Å². The van der Waals surface area contributed by atoms with Crippen molar-refractivity contribution >= 4 is 23.1 Å². The van der Waals surface area contributed by atoms with Crippen molar-refractivity contribution in [3.05, 3.63) is 83.1 Å². The minimum atomic E-state index is -0.723. The topological polar surface area (TPSA) is 82.9 Å². The summed E-state index contributed by atoms with van der Waals surface area (Å²) in [6, 6.07) is 15.1. The normalized spacial score (nSPS) is 10.1. The quantitative estimate of drug-likeness (QED) is 0.599. The van der Waals surface area contributed by atoms with Crippen molar-refractivity contribution in [2.75, 3.05) is 5.32 Å². The number of hydrogen-bond acceptors (Lipinski definition) is 5. The van der Waals surface area contributed by atoms with E-state index in [0.717, 1.165) is 11.8 Å². The van der Waals surface area contributed by atoms with Crippen molar-refractivity contribution in [1.82, 2.24) is 15.3 Å². The molecular weight excluding hydrogens is 396 g/mol. The lowest BCUT2D eigenvalue weighted by Gasteiger charge is -2.12. The molecule has 0 amide bonds. The number of nitrogens with one attached hydrogen (secondary N) is 2. The van der Waals surface area contributed by atoms with Crippen LogP contribution in [0.15, 0.2) is 54.7 Å². The van der Waals surface area contributed by atoms with E-state index < -0.39 is 5.82 Å². The van der Waals surface area contributed by atoms with Gasteiger partial charge in [-0.25, -0.2) is 13.8 Å². The van der Waals surface area contributed by atoms with Crippen LogP contribution in [0.25, 0.3) is 0 Å². The lowest BCUT2D eigenvalue weighted by atomic mass is 10.1. The zero-order valence-electron chi connectivity index (χ0n) is 15.0. The molecule has 0 fully saturated rings. The fourth-order valence-corrected chi connectivity index (χ4v) is 2.52. The minimum Gasteiger partial charge on any atom is -0.459 e. The molecule has 146 valence electrons. The van der Waals surface area contributed by atoms with Gasteiger partial charge in [0.25, 0.3) is 0 Å². The van der Waals surface area contributed by atoms with Crippen LogP contribution in [-0.4, -0.2) is 15.1 Å². The maximum absolute atomic E-state index is 14.0. The molecule has 2 aromatic carbocycles. The van der Waals surface area contributed by atoms with Crippen LogP contribution in [0, 0.1) is 23.0 Å². The number of hydrogen-bond donors (Lipinski definition) is 2. The standard InChI is InChI=1S/C20H15F2N5OS/c21-16-7-2-1-6-15(16)10-25-20(29)27-18-17(22)11-24-19(26-18)28-12-14-5-3-4-13(8-14)9-23/h1-8,11H,10,12H2,(H2,24,25,26,27,29). The highest BCUT2D eigenvalue weighted by Gasteiger charge is 2.10. The highest BCUT2D eigenvalue weighted by atomic mass is 32.1. The van der Waals surface area contributed by atoms with Crippen molar-refractivity contribution in [3.63, 3.8) is 0 Å². The van der Waals surface area contributed by atoms with Crippen LogP contribution in [-0.2, 0) is 13.2 Å². The number of aromatic nitrogens is 2. The molecule has 0 aliphatic heterocycles. The molecule has 0 atom stereocenters. The predicted molar refractivity (Wildman–Crippen MR) is 107 cm³/mol. The summed E-state index contributed by atoms with van der Waals surface area (Å²) >= 11 is 5.11. The summed E-state index contributed by atoms with van der Waals surface area (Å²) < 4.78 is 33.1. The number of ether oxygens (including phenoxy) is 1. The van der Waals surface area contributed by atoms with Crippen molar-refractivity contribution in [3.8, 4) is 12.1 Å². The summed E-state index contributed by atoms with van der Waals surface area (Å²) in [7, 11) is 0. The van der Waals surface area contributed by atoms with Gasteiger partial charge in [0.05, 0.1) is 17.8 Å². The predicted octanol–water partition coefficient (Wildman–Crippen LogP) is 3.69. The highest BCUT2D eigenvalue weighted by molar-refractivity contribution is 7.80. The number of nitriles is 1. The molecule has 0 aliphatic rings. The van der Waals surface area contributed by atoms with E-state index >= 15 is 0 Å². The number of nitrogens with zero attached hydrogens (tertiary/aromatic N) is 3. The van der Waals surface area contributed by atoms with Gasteiger partial charge < -0.3 is 15.4 Å². The van der Waals surface area contributed by atoms with Gasteiger partial charge in [-0.2, -0.15) is 10.2 Å². The third-order valence-corrected chi connectivity index (χ3v) is 4.02. The van der Waals surface area contributed by atoms with Gasteiger partial charge in [0.15, 0.2) is 16.7 Å². The zero-order chi connectivity index (χ0) is 20.6. The molecule has 0 saturated heterocycles. The first kappa shape index (κ1) is 20.1. The molecule has 29 heavy (non-hydrogen) atoms. The van der Waals surface area contributed by atoms with Gasteiger partial charge in [-0.15, -0.1) is 0 Å². The van der Waals surface area contributed by atoms with Gasteiger partial charge in [0.2, 0.25) is 0 Å². The first-order chi connectivity index (χ1) is 14.0. The Morgan fingerprint density at radius 1 is 1.14 bits per heavy atom. The van der Waals surface area contributed by atoms with Crippen LogP contribution in [0.4, 0.5) is 14.6 Å². The van der Waals surface area contributed by atoms with Gasteiger partial charge >= 0.3 is 6.01 Å². The molecule has 3 rings (SSSR count). The van der Waals surface area contributed by atoms with E-state index in [-0.39, 0.29) is 35.9 Å². The average molecular weight is 411 g/mol. The second-order valence-corrected chi connectivity index (χ2v) is 6.26. The average Bonchev–Trinajstić information content (AvgIpc) is 2.74. The Bertz CT molecular complexity index is 1070. The largest absolute Gasteiger partial charge is 0.459 e. The molecule has 6 nitrogen and oxygen atoms in total. The molecule has 3 aromatic rings. The van der Waals surface area contributed by atoms with Crippen LogP contribution in [0.2, 0.25) is 0 Å². The van der Waals surface area contributed by atoms with Crippen LogP contribution in [0.5, 0.6) is 6.01 Å². The van der Waals surface area contributed by atoms with Gasteiger partial charge in [-0.05, 0) is 36.0 Å². The fraction of sp³-hybridized carbons (Fsp3) is 0.100. The summed E-state index contributed by atoms with van der Waals surface area (Å²) in [6.45, 7) is 0.236. The van der Waals surface area contributed by atoms with E-state index in [2.05, 4.69) is 20.6 Å². The Morgan fingerprint density at radius 2 is 1.97 bits per heavy atom. The van der Waals surface area contributed by atoms with E-state index in [1.807, 2.05) is 6.07 Å². The molecule has 0 aliphatic carbocycles. The Morgan fingerprint density at radius 3 is 2.76 bits per heavy atom. The van der Waals surface area contributed by atoms with Gasteiger partial charge in [0.1, 0.15) is 12.4 Å². The first-order valence-corrected chi connectivity index (χ1v) is 8.88. The Hall–Kier alpha value is -3.64. The highest BCUT2D eigenvalue weighted by Crippen LogP contribution is 2.15. The molecule has 0 bridgehead atoms. The van der Waals surface area contributed by atoms with E-state index in [1.54, 1.807) is 42.5 Å². The minimum absolute atomic E-state index is 0.0619. The monoisotopic (exact) mass is 411 g/mol. The van der Waals surface area contributed by atoms with Crippen LogP contribution in [0.1, 0.15) is 16.7 Å². The summed E-state index contributed by atoms with van der Waals surface area (Å²) in [6.07, 6.45) is 0.954. The van der Waals surface area contributed by atoms with E-state index in [9.17, 15) is 8.78 Å². The summed E-state index contributed by atoms with van der Waals surface area (Å²) in [5.74, 6) is -1.27. The molecule has 0 radical (unpaired) electrons. The first-order valence-electron chi connectivity index (χ1n) is 8.48. The van der Waals surface area contributed by atoms with Crippen molar-refractivity contribution in [1.29, 1.82) is 5.26 Å². The number of anilines is 1. The molecule has 1 aromatic heterocycles. The number of rotatable bonds is 6. The molecule has 1 heterocycles. The molecule has 2 N–H and O–H groups in total. The Kier molecular flexibility index (Phi) is 6.60. The number of thiocarbonyl (C=S) groups is 1. The fourth-order valence-electron chi connectivity index (χ4n) is 2.36. The van der Waals surface area contributed by atoms with Crippen LogP contribution < -0.4 is 15.4 Å². The maximum atomic E-state index is 14.0. The molecule has 0 spiro atoms. The molecule has 0 saturated carbocycles. The Labute approximate surface area is 171 Å². The summed E-state index contributed by atoms with van der Waals surface area (Å²) in [5.41, 5.74) is 1.66. The van der Waals surface area contributed by atoms with Gasteiger partial charge in [0, 0.05) is 12.1 Å². The maximum Gasteiger partial charge on any atom is 0.318 e. The van der Waals surface area contributed by atoms with Crippen LogP contribution in [0.3, 0.4) is 0 Å².